The third kappa shape index (κ3) is 8.06. The predicted molar refractivity (Wildman–Crippen MR) is 71.2 cm³/mol. The molecule has 0 heterocycles. The van der Waals surface area contributed by atoms with Crippen LogP contribution in [0.3, 0.4) is 0 Å². The zero-order chi connectivity index (χ0) is 14.2. The summed E-state index contributed by atoms with van der Waals surface area (Å²) in [6.07, 6.45) is 2.67. The van der Waals surface area contributed by atoms with Crippen molar-refractivity contribution in [1.29, 1.82) is 0 Å². The highest BCUT2D eigenvalue weighted by Gasteiger charge is 2.20. The molecule has 0 aromatic heterocycles. The lowest BCUT2D eigenvalue weighted by atomic mass is 9.84. The fourth-order valence-corrected chi connectivity index (χ4v) is 1.78. The van der Waals surface area contributed by atoms with Gasteiger partial charge < -0.3 is 16.2 Å². The summed E-state index contributed by atoms with van der Waals surface area (Å²) < 4.78 is 0. The fourth-order valence-electron chi connectivity index (χ4n) is 1.78. The van der Waals surface area contributed by atoms with Crippen molar-refractivity contribution >= 4 is 11.9 Å². The van der Waals surface area contributed by atoms with Crippen LogP contribution in [-0.4, -0.2) is 29.6 Å². The van der Waals surface area contributed by atoms with Gasteiger partial charge in [0.15, 0.2) is 0 Å². The second kappa shape index (κ2) is 8.08. The lowest BCUT2D eigenvalue weighted by Crippen LogP contribution is -2.36. The van der Waals surface area contributed by atoms with Gasteiger partial charge in [0, 0.05) is 12.5 Å². The summed E-state index contributed by atoms with van der Waals surface area (Å²) >= 11 is 0. The van der Waals surface area contributed by atoms with Gasteiger partial charge in [0.2, 0.25) is 5.91 Å². The summed E-state index contributed by atoms with van der Waals surface area (Å²) in [5.41, 5.74) is 5.57. The fraction of sp³-hybridized carbons (Fsp3) is 0.846. The molecule has 0 aliphatic rings. The number of nitrogens with one attached hydrogen (secondary N) is 1. The number of aliphatic carboxylic acids is 1. The molecule has 1 atom stereocenters. The number of nitrogens with two attached hydrogens (primary N) is 1. The van der Waals surface area contributed by atoms with Crippen molar-refractivity contribution in [2.75, 3.05) is 6.54 Å². The van der Waals surface area contributed by atoms with Crippen LogP contribution in [0.1, 0.15) is 52.9 Å². The number of carbonyl (C=O) groups is 2. The maximum Gasteiger partial charge on any atom is 0.305 e. The molecule has 0 rings (SSSR count). The van der Waals surface area contributed by atoms with Crippen molar-refractivity contribution in [2.45, 2.75) is 58.9 Å². The van der Waals surface area contributed by atoms with Crippen LogP contribution in [0.5, 0.6) is 0 Å². The van der Waals surface area contributed by atoms with E-state index < -0.39 is 5.97 Å². The summed E-state index contributed by atoms with van der Waals surface area (Å²) in [7, 11) is 0. The number of amides is 1. The first-order valence-corrected chi connectivity index (χ1v) is 6.52. The van der Waals surface area contributed by atoms with Crippen LogP contribution >= 0.6 is 0 Å². The van der Waals surface area contributed by atoms with Crippen molar-refractivity contribution in [3.63, 3.8) is 0 Å². The molecule has 0 aromatic rings. The summed E-state index contributed by atoms with van der Waals surface area (Å²) in [6, 6.07) is -0.271. The largest absolute Gasteiger partial charge is 0.481 e. The molecule has 0 radical (unpaired) electrons. The van der Waals surface area contributed by atoms with Gasteiger partial charge in [-0.2, -0.15) is 0 Å². The molecule has 0 aliphatic heterocycles. The Bertz CT molecular complexity index is 277. The average molecular weight is 258 g/mol. The van der Waals surface area contributed by atoms with Crippen molar-refractivity contribution < 1.29 is 14.7 Å². The molecule has 0 aliphatic carbocycles. The number of rotatable bonds is 9. The third-order valence-electron chi connectivity index (χ3n) is 3.13. The van der Waals surface area contributed by atoms with Gasteiger partial charge in [-0.25, -0.2) is 0 Å². The van der Waals surface area contributed by atoms with Gasteiger partial charge in [0.25, 0.3) is 0 Å². The molecule has 0 bridgehead atoms. The first-order chi connectivity index (χ1) is 8.30. The van der Waals surface area contributed by atoms with Crippen molar-refractivity contribution in [1.82, 2.24) is 5.32 Å². The molecule has 0 aromatic carbocycles. The number of hydrogen-bond acceptors (Lipinski definition) is 3. The highest BCUT2D eigenvalue weighted by Crippen LogP contribution is 2.25. The highest BCUT2D eigenvalue weighted by atomic mass is 16.4. The number of carbonyl (C=O) groups excluding carboxylic acids is 1. The maximum absolute atomic E-state index is 11.7. The Balaban J connectivity index is 4.06. The minimum Gasteiger partial charge on any atom is -0.481 e. The predicted octanol–water partition coefficient (Wildman–Crippen LogP) is 1.51. The Morgan fingerprint density at radius 3 is 2.39 bits per heavy atom. The second-order valence-electron chi connectivity index (χ2n) is 5.47. The molecule has 0 saturated carbocycles. The SMILES string of the molecule is CCC(CC(=O)O)NC(=O)CCC(C)(C)CCN. The minimum absolute atomic E-state index is 0.0194. The molecule has 1 amide bonds. The number of carboxylic acids is 1. The highest BCUT2D eigenvalue weighted by molar-refractivity contribution is 5.77. The van der Waals surface area contributed by atoms with Gasteiger partial charge in [-0.05, 0) is 31.2 Å². The third-order valence-corrected chi connectivity index (χ3v) is 3.13. The summed E-state index contributed by atoms with van der Waals surface area (Å²) in [6.45, 7) is 6.65. The minimum atomic E-state index is -0.884. The van der Waals surface area contributed by atoms with Crippen molar-refractivity contribution in [2.24, 2.45) is 11.1 Å². The van der Waals surface area contributed by atoms with Crippen molar-refractivity contribution in [3.05, 3.63) is 0 Å². The standard InChI is InChI=1S/C13H26N2O3/c1-4-10(9-12(17)18)15-11(16)5-6-13(2,3)7-8-14/h10H,4-9,14H2,1-3H3,(H,15,16)(H,17,18). The van der Waals surface area contributed by atoms with Crippen LogP contribution in [-0.2, 0) is 9.59 Å². The lowest BCUT2D eigenvalue weighted by Gasteiger charge is -2.24. The molecule has 5 nitrogen and oxygen atoms in total. The van der Waals surface area contributed by atoms with Crippen LogP contribution in [0.4, 0.5) is 0 Å². The Hall–Kier alpha value is -1.10. The van der Waals surface area contributed by atoms with Gasteiger partial charge in [-0.15, -0.1) is 0 Å². The number of hydrogen-bond donors (Lipinski definition) is 3. The summed E-state index contributed by atoms with van der Waals surface area (Å²) in [5.74, 6) is -0.959. The van der Waals surface area contributed by atoms with Gasteiger partial charge >= 0.3 is 5.97 Å². The van der Waals surface area contributed by atoms with Gasteiger partial charge in [-0.3, -0.25) is 9.59 Å². The van der Waals surface area contributed by atoms with Crippen LogP contribution < -0.4 is 11.1 Å². The van der Waals surface area contributed by atoms with Crippen molar-refractivity contribution in [3.8, 4) is 0 Å². The van der Waals surface area contributed by atoms with E-state index in [1.54, 1.807) is 0 Å². The molecule has 5 heteroatoms. The molecular weight excluding hydrogens is 232 g/mol. The smallest absolute Gasteiger partial charge is 0.305 e. The van der Waals surface area contributed by atoms with E-state index in [0.29, 0.717) is 19.4 Å². The maximum atomic E-state index is 11.7. The number of carboxylic acid groups (broad SMARTS) is 1. The van der Waals surface area contributed by atoms with Gasteiger partial charge in [0.1, 0.15) is 0 Å². The van der Waals surface area contributed by atoms with E-state index in [0.717, 1.165) is 12.8 Å². The van der Waals surface area contributed by atoms with Crippen LogP contribution in [0.2, 0.25) is 0 Å². The molecule has 1 unspecified atom stereocenters. The average Bonchev–Trinajstić information content (AvgIpc) is 2.25. The van der Waals surface area contributed by atoms with E-state index in [4.69, 9.17) is 10.8 Å². The van der Waals surface area contributed by atoms with Crippen LogP contribution in [0, 0.1) is 5.41 Å². The van der Waals surface area contributed by atoms with E-state index in [-0.39, 0.29) is 23.8 Å². The normalized spacial score (nSPS) is 13.1. The molecule has 18 heavy (non-hydrogen) atoms. The van der Waals surface area contributed by atoms with E-state index in [1.807, 2.05) is 6.92 Å². The Morgan fingerprint density at radius 1 is 1.33 bits per heavy atom. The first-order valence-electron chi connectivity index (χ1n) is 6.52. The van der Waals surface area contributed by atoms with Gasteiger partial charge in [-0.1, -0.05) is 20.8 Å². The van der Waals surface area contributed by atoms with Gasteiger partial charge in [0.05, 0.1) is 6.42 Å². The first kappa shape index (κ1) is 16.9. The Morgan fingerprint density at radius 2 is 1.94 bits per heavy atom. The molecule has 4 N–H and O–H groups in total. The quantitative estimate of drug-likeness (QED) is 0.584. The Kier molecular flexibility index (Phi) is 7.59. The molecule has 0 saturated heterocycles. The topological polar surface area (TPSA) is 92.4 Å². The van der Waals surface area contributed by atoms with E-state index in [9.17, 15) is 9.59 Å². The molecule has 106 valence electrons. The summed E-state index contributed by atoms with van der Waals surface area (Å²) in [4.78, 5) is 22.3. The molecule has 0 fully saturated rings. The Labute approximate surface area is 109 Å². The second-order valence-corrected chi connectivity index (χ2v) is 5.47. The zero-order valence-corrected chi connectivity index (χ0v) is 11.7. The molecular formula is C13H26N2O3. The van der Waals surface area contributed by atoms with E-state index >= 15 is 0 Å². The lowest BCUT2D eigenvalue weighted by molar-refractivity contribution is -0.137. The molecule has 0 spiro atoms. The van der Waals surface area contributed by atoms with Crippen LogP contribution in [0.25, 0.3) is 0 Å². The van der Waals surface area contributed by atoms with E-state index in [1.165, 1.54) is 0 Å². The zero-order valence-electron chi connectivity index (χ0n) is 11.7. The monoisotopic (exact) mass is 258 g/mol. The van der Waals surface area contributed by atoms with E-state index in [2.05, 4.69) is 19.2 Å². The van der Waals surface area contributed by atoms with Crippen LogP contribution in [0.15, 0.2) is 0 Å². The summed E-state index contributed by atoms with van der Waals surface area (Å²) in [5, 5.41) is 11.5.